The monoisotopic (exact) mass is 237 g/mol. The summed E-state index contributed by atoms with van der Waals surface area (Å²) in [6.45, 7) is 0. The van der Waals surface area contributed by atoms with Crippen molar-refractivity contribution in [1.82, 2.24) is 5.32 Å². The van der Waals surface area contributed by atoms with Crippen molar-refractivity contribution in [3.8, 4) is 0 Å². The summed E-state index contributed by atoms with van der Waals surface area (Å²) in [5, 5.41) is 3.41. The Labute approximate surface area is 105 Å². The lowest BCUT2D eigenvalue weighted by Gasteiger charge is -2.23. The first-order valence-electron chi connectivity index (χ1n) is 7.44. The van der Waals surface area contributed by atoms with Crippen LogP contribution in [0.5, 0.6) is 0 Å². The Morgan fingerprint density at radius 2 is 1.35 bits per heavy atom. The largest absolute Gasteiger partial charge is 0.370 e. The zero-order valence-corrected chi connectivity index (χ0v) is 11.0. The zero-order valence-electron chi connectivity index (χ0n) is 11.0. The van der Waals surface area contributed by atoms with Gasteiger partial charge in [0.25, 0.3) is 0 Å². The Morgan fingerprint density at radius 3 is 2.00 bits per heavy atom. The van der Waals surface area contributed by atoms with Gasteiger partial charge in [-0.1, -0.05) is 44.9 Å². The molecule has 2 rings (SSSR count). The minimum atomic E-state index is 0.480. The number of nitrogens with two attached hydrogens (primary N) is 1. The lowest BCUT2D eigenvalue weighted by Crippen LogP contribution is -2.41. The fraction of sp³-hybridized carbons (Fsp3) is 0.929. The molecule has 2 saturated carbocycles. The first-order valence-corrected chi connectivity index (χ1v) is 7.44. The molecule has 3 nitrogen and oxygen atoms in total. The van der Waals surface area contributed by atoms with Gasteiger partial charge in [0.2, 0.25) is 0 Å². The fourth-order valence-electron chi connectivity index (χ4n) is 3.08. The summed E-state index contributed by atoms with van der Waals surface area (Å²) in [7, 11) is 0. The van der Waals surface area contributed by atoms with Crippen molar-refractivity contribution in [2.45, 2.75) is 82.7 Å². The van der Waals surface area contributed by atoms with Gasteiger partial charge in [0.1, 0.15) is 0 Å². The lowest BCUT2D eigenvalue weighted by molar-refractivity contribution is 0.411. The molecule has 17 heavy (non-hydrogen) atoms. The fourth-order valence-corrected chi connectivity index (χ4v) is 3.08. The molecule has 2 aliphatic carbocycles. The van der Waals surface area contributed by atoms with Crippen LogP contribution in [0.4, 0.5) is 0 Å². The van der Waals surface area contributed by atoms with Crippen LogP contribution in [0, 0.1) is 0 Å². The highest BCUT2D eigenvalue weighted by Crippen LogP contribution is 2.20. The molecule has 0 atom stereocenters. The zero-order chi connectivity index (χ0) is 11.9. The van der Waals surface area contributed by atoms with E-state index in [-0.39, 0.29) is 0 Å². The molecule has 0 unspecified atom stereocenters. The van der Waals surface area contributed by atoms with Gasteiger partial charge in [0, 0.05) is 6.04 Å². The van der Waals surface area contributed by atoms with Crippen molar-refractivity contribution in [3.05, 3.63) is 0 Å². The van der Waals surface area contributed by atoms with Crippen LogP contribution in [-0.2, 0) is 0 Å². The second-order valence-corrected chi connectivity index (χ2v) is 5.64. The molecule has 0 amide bonds. The van der Waals surface area contributed by atoms with Crippen LogP contribution in [0.3, 0.4) is 0 Å². The molecule has 0 aromatic carbocycles. The van der Waals surface area contributed by atoms with Crippen molar-refractivity contribution in [1.29, 1.82) is 0 Å². The minimum absolute atomic E-state index is 0.480. The molecular weight excluding hydrogens is 210 g/mol. The summed E-state index contributed by atoms with van der Waals surface area (Å²) < 4.78 is 0. The molecule has 0 aliphatic heterocycles. The number of rotatable bonds is 2. The van der Waals surface area contributed by atoms with E-state index in [9.17, 15) is 0 Å². The van der Waals surface area contributed by atoms with E-state index in [0.717, 1.165) is 0 Å². The maximum atomic E-state index is 6.03. The van der Waals surface area contributed by atoms with Crippen molar-refractivity contribution < 1.29 is 0 Å². The van der Waals surface area contributed by atoms with Crippen LogP contribution < -0.4 is 11.1 Å². The van der Waals surface area contributed by atoms with E-state index >= 15 is 0 Å². The van der Waals surface area contributed by atoms with Crippen LogP contribution in [0.25, 0.3) is 0 Å². The third kappa shape index (κ3) is 4.57. The lowest BCUT2D eigenvalue weighted by atomic mass is 9.96. The first kappa shape index (κ1) is 12.7. The molecule has 2 aliphatic rings. The van der Waals surface area contributed by atoms with E-state index in [1.807, 2.05) is 0 Å². The van der Waals surface area contributed by atoms with Crippen LogP contribution in [0.2, 0.25) is 0 Å². The average molecular weight is 237 g/mol. The van der Waals surface area contributed by atoms with E-state index in [2.05, 4.69) is 10.3 Å². The number of guanidine groups is 1. The van der Waals surface area contributed by atoms with Crippen LogP contribution in [0.1, 0.15) is 70.6 Å². The van der Waals surface area contributed by atoms with Gasteiger partial charge < -0.3 is 11.1 Å². The van der Waals surface area contributed by atoms with Gasteiger partial charge in [-0.15, -0.1) is 0 Å². The van der Waals surface area contributed by atoms with E-state index in [4.69, 9.17) is 5.73 Å². The Balaban J connectivity index is 1.78. The second kappa shape index (κ2) is 6.87. The number of hydrogen-bond acceptors (Lipinski definition) is 1. The van der Waals surface area contributed by atoms with Crippen molar-refractivity contribution in [2.75, 3.05) is 0 Å². The predicted octanol–water partition coefficient (Wildman–Crippen LogP) is 2.95. The van der Waals surface area contributed by atoms with Crippen LogP contribution >= 0.6 is 0 Å². The normalized spacial score (nSPS) is 25.5. The third-order valence-electron chi connectivity index (χ3n) is 4.10. The van der Waals surface area contributed by atoms with Gasteiger partial charge in [-0.05, 0) is 25.7 Å². The maximum Gasteiger partial charge on any atom is 0.189 e. The summed E-state index contributed by atoms with van der Waals surface area (Å²) in [6, 6.07) is 1.06. The number of hydrogen-bond donors (Lipinski definition) is 2. The molecule has 98 valence electrons. The molecule has 0 aromatic heterocycles. The molecule has 0 bridgehead atoms. The highest BCUT2D eigenvalue weighted by atomic mass is 15.1. The third-order valence-corrected chi connectivity index (χ3v) is 4.10. The molecule has 3 heteroatoms. The highest BCUT2D eigenvalue weighted by Gasteiger charge is 2.15. The molecule has 0 spiro atoms. The minimum Gasteiger partial charge on any atom is -0.370 e. The van der Waals surface area contributed by atoms with Gasteiger partial charge in [0.05, 0.1) is 6.04 Å². The first-order chi connectivity index (χ1) is 8.34. The van der Waals surface area contributed by atoms with E-state index in [0.29, 0.717) is 18.0 Å². The summed E-state index contributed by atoms with van der Waals surface area (Å²) in [5.74, 6) is 0.698. The summed E-state index contributed by atoms with van der Waals surface area (Å²) in [6.07, 6.45) is 14.5. The van der Waals surface area contributed by atoms with E-state index < -0.39 is 0 Å². The van der Waals surface area contributed by atoms with Crippen LogP contribution in [0.15, 0.2) is 4.99 Å². The Kier molecular flexibility index (Phi) is 5.14. The quantitative estimate of drug-likeness (QED) is 0.441. The molecule has 0 radical (unpaired) electrons. The Bertz CT molecular complexity index is 236. The van der Waals surface area contributed by atoms with E-state index in [1.165, 1.54) is 70.6 Å². The Hall–Kier alpha value is -0.730. The summed E-state index contributed by atoms with van der Waals surface area (Å²) in [5.41, 5.74) is 6.03. The topological polar surface area (TPSA) is 50.4 Å². The molecule has 3 N–H and O–H groups in total. The maximum absolute atomic E-state index is 6.03. The van der Waals surface area contributed by atoms with Gasteiger partial charge in [-0.25, -0.2) is 0 Å². The number of nitrogens with one attached hydrogen (secondary N) is 1. The summed E-state index contributed by atoms with van der Waals surface area (Å²) >= 11 is 0. The highest BCUT2D eigenvalue weighted by molar-refractivity contribution is 5.78. The van der Waals surface area contributed by atoms with Crippen LogP contribution in [-0.4, -0.2) is 18.0 Å². The molecule has 0 saturated heterocycles. The average Bonchev–Trinajstić information content (AvgIpc) is 2.59. The number of nitrogens with zero attached hydrogens (tertiary/aromatic N) is 1. The summed E-state index contributed by atoms with van der Waals surface area (Å²) in [4.78, 5) is 4.67. The smallest absolute Gasteiger partial charge is 0.189 e. The van der Waals surface area contributed by atoms with Gasteiger partial charge in [-0.3, -0.25) is 4.99 Å². The van der Waals surface area contributed by atoms with Crippen molar-refractivity contribution in [3.63, 3.8) is 0 Å². The van der Waals surface area contributed by atoms with Crippen molar-refractivity contribution in [2.24, 2.45) is 10.7 Å². The van der Waals surface area contributed by atoms with Gasteiger partial charge >= 0.3 is 0 Å². The van der Waals surface area contributed by atoms with Gasteiger partial charge in [0.15, 0.2) is 5.96 Å². The molecule has 0 heterocycles. The molecule has 0 aromatic rings. The standard InChI is InChI=1S/C14H27N3/c15-14(17-13-10-6-3-7-11-13)16-12-8-4-1-2-5-9-12/h12-13H,1-11H2,(H3,15,16,17). The predicted molar refractivity (Wildman–Crippen MR) is 73.1 cm³/mol. The van der Waals surface area contributed by atoms with Crippen molar-refractivity contribution >= 4 is 5.96 Å². The number of aliphatic imine (C=N–C) groups is 1. The van der Waals surface area contributed by atoms with Gasteiger partial charge in [-0.2, -0.15) is 0 Å². The molecular formula is C14H27N3. The Morgan fingerprint density at radius 1 is 0.824 bits per heavy atom. The van der Waals surface area contributed by atoms with E-state index in [1.54, 1.807) is 0 Å². The molecule has 2 fully saturated rings. The SMILES string of the molecule is NC(=NC1CCCCCC1)NC1CCCCC1. The second-order valence-electron chi connectivity index (χ2n) is 5.64.